The molecule has 142 valence electrons. The Hall–Kier alpha value is -2.06. The molecule has 4 aromatic rings. The highest BCUT2D eigenvalue weighted by Gasteiger charge is 2.12. The Morgan fingerprint density at radius 2 is 2.07 bits per heavy atom. The number of benzene rings is 2. The van der Waals surface area contributed by atoms with E-state index in [9.17, 15) is 4.79 Å². The molecule has 0 radical (unpaired) electrons. The number of hydrogen-bond acceptors (Lipinski definition) is 6. The van der Waals surface area contributed by atoms with Crippen LogP contribution in [-0.2, 0) is 11.2 Å². The van der Waals surface area contributed by atoms with Crippen LogP contribution in [-0.4, -0.2) is 21.6 Å². The third-order valence-electron chi connectivity index (χ3n) is 3.78. The van der Waals surface area contributed by atoms with E-state index in [2.05, 4.69) is 15.3 Å². The van der Waals surface area contributed by atoms with E-state index in [4.69, 9.17) is 27.6 Å². The number of thiazole rings is 1. The molecule has 4 rings (SSSR count). The first-order valence-electron chi connectivity index (χ1n) is 8.24. The molecule has 9 heteroatoms. The van der Waals surface area contributed by atoms with Crippen molar-refractivity contribution in [3.63, 3.8) is 0 Å². The Balaban J connectivity index is 1.33. The molecule has 0 fully saturated rings. The van der Waals surface area contributed by atoms with Gasteiger partial charge in [-0.3, -0.25) is 4.79 Å². The van der Waals surface area contributed by atoms with E-state index in [1.807, 2.05) is 30.3 Å². The fourth-order valence-electron chi connectivity index (χ4n) is 2.50. The highest BCUT2D eigenvalue weighted by Crippen LogP contribution is 2.27. The number of nitrogens with zero attached hydrogens (tertiary/aromatic N) is 2. The van der Waals surface area contributed by atoms with E-state index >= 15 is 0 Å². The summed E-state index contributed by atoms with van der Waals surface area (Å²) in [6.07, 6.45) is 2.36. The molecule has 0 aliphatic carbocycles. The van der Waals surface area contributed by atoms with Crippen molar-refractivity contribution in [2.45, 2.75) is 11.6 Å². The lowest BCUT2D eigenvalue weighted by Gasteiger charge is -2.02. The first kappa shape index (κ1) is 19.3. The van der Waals surface area contributed by atoms with Crippen LogP contribution in [0.15, 0.2) is 58.3 Å². The van der Waals surface area contributed by atoms with Gasteiger partial charge in [-0.25, -0.2) is 9.97 Å². The third-order valence-corrected chi connectivity index (χ3v) is 6.11. The van der Waals surface area contributed by atoms with Gasteiger partial charge < -0.3 is 9.73 Å². The summed E-state index contributed by atoms with van der Waals surface area (Å²) in [4.78, 5) is 21.8. The summed E-state index contributed by atoms with van der Waals surface area (Å²) in [5, 5.41) is 5.02. The van der Waals surface area contributed by atoms with Crippen molar-refractivity contribution in [2.75, 3.05) is 11.1 Å². The number of aromatic nitrogens is 2. The minimum Gasteiger partial charge on any atom is -0.431 e. The smallest absolute Gasteiger partial charge is 0.257 e. The normalized spacial score (nSPS) is 11.1. The predicted molar refractivity (Wildman–Crippen MR) is 115 cm³/mol. The third kappa shape index (κ3) is 4.67. The zero-order valence-electron chi connectivity index (χ0n) is 14.3. The van der Waals surface area contributed by atoms with Gasteiger partial charge in [-0.1, -0.05) is 53.2 Å². The lowest BCUT2D eigenvalue weighted by molar-refractivity contribution is -0.113. The maximum Gasteiger partial charge on any atom is 0.257 e. The topological polar surface area (TPSA) is 68.0 Å². The van der Waals surface area contributed by atoms with Gasteiger partial charge in [-0.05, 0) is 29.8 Å². The number of amides is 1. The van der Waals surface area contributed by atoms with Crippen LogP contribution in [0.25, 0.3) is 11.1 Å². The summed E-state index contributed by atoms with van der Waals surface area (Å²) >= 11 is 14.8. The van der Waals surface area contributed by atoms with Gasteiger partial charge in [0.2, 0.25) is 5.91 Å². The number of nitrogens with one attached hydrogen (secondary N) is 1. The molecule has 0 saturated heterocycles. The molecule has 0 atom stereocenters. The van der Waals surface area contributed by atoms with Gasteiger partial charge >= 0.3 is 0 Å². The molecule has 28 heavy (non-hydrogen) atoms. The quantitative estimate of drug-likeness (QED) is 0.370. The maximum absolute atomic E-state index is 12.2. The van der Waals surface area contributed by atoms with Crippen molar-refractivity contribution < 1.29 is 9.21 Å². The minimum atomic E-state index is -0.169. The van der Waals surface area contributed by atoms with Gasteiger partial charge in [0.25, 0.3) is 5.22 Å². The lowest BCUT2D eigenvalue weighted by atomic mass is 10.1. The molecule has 0 aliphatic rings. The largest absolute Gasteiger partial charge is 0.431 e. The highest BCUT2D eigenvalue weighted by molar-refractivity contribution is 7.99. The van der Waals surface area contributed by atoms with Crippen molar-refractivity contribution >= 4 is 68.4 Å². The van der Waals surface area contributed by atoms with Gasteiger partial charge in [0, 0.05) is 27.5 Å². The number of anilines is 1. The average molecular weight is 450 g/mol. The van der Waals surface area contributed by atoms with E-state index in [0.717, 1.165) is 16.0 Å². The van der Waals surface area contributed by atoms with Crippen LogP contribution in [0.3, 0.4) is 0 Å². The Kier molecular flexibility index (Phi) is 5.87. The molecule has 0 aliphatic heterocycles. The van der Waals surface area contributed by atoms with Gasteiger partial charge in [-0.15, -0.1) is 11.3 Å². The van der Waals surface area contributed by atoms with Crippen LogP contribution in [0.4, 0.5) is 5.13 Å². The zero-order chi connectivity index (χ0) is 19.5. The van der Waals surface area contributed by atoms with Crippen molar-refractivity contribution in [1.82, 2.24) is 9.97 Å². The number of oxazole rings is 1. The summed E-state index contributed by atoms with van der Waals surface area (Å²) in [6.45, 7) is 0. The van der Waals surface area contributed by atoms with Gasteiger partial charge in [0.1, 0.15) is 5.52 Å². The van der Waals surface area contributed by atoms with Crippen LogP contribution in [0.2, 0.25) is 10.0 Å². The number of hydrogen-bond donors (Lipinski definition) is 1. The average Bonchev–Trinajstić information content (AvgIpc) is 3.28. The highest BCUT2D eigenvalue weighted by atomic mass is 35.5. The molecular weight excluding hydrogens is 437 g/mol. The second kappa shape index (κ2) is 8.53. The van der Waals surface area contributed by atoms with Crippen molar-refractivity contribution in [3.8, 4) is 0 Å². The van der Waals surface area contributed by atoms with Crippen LogP contribution < -0.4 is 5.32 Å². The molecule has 2 aromatic heterocycles. The molecule has 1 amide bonds. The monoisotopic (exact) mass is 449 g/mol. The number of thioether (sulfide) groups is 1. The Morgan fingerprint density at radius 1 is 1.21 bits per heavy atom. The summed E-state index contributed by atoms with van der Waals surface area (Å²) in [6, 6.07) is 12.9. The molecule has 5 nitrogen and oxygen atoms in total. The summed E-state index contributed by atoms with van der Waals surface area (Å²) in [7, 11) is 0. The molecule has 0 saturated carbocycles. The molecule has 1 N–H and O–H groups in total. The number of carbonyl (C=O) groups is 1. The molecule has 0 unspecified atom stereocenters. The van der Waals surface area contributed by atoms with Crippen molar-refractivity contribution in [2.24, 2.45) is 0 Å². The van der Waals surface area contributed by atoms with Gasteiger partial charge in [-0.2, -0.15) is 0 Å². The predicted octanol–water partition coefficient (Wildman–Crippen LogP) is 5.91. The van der Waals surface area contributed by atoms with E-state index in [1.54, 1.807) is 18.3 Å². The van der Waals surface area contributed by atoms with Crippen molar-refractivity contribution in [1.29, 1.82) is 0 Å². The zero-order valence-corrected chi connectivity index (χ0v) is 17.5. The first-order chi connectivity index (χ1) is 13.6. The van der Waals surface area contributed by atoms with Crippen LogP contribution in [0.5, 0.6) is 0 Å². The number of rotatable bonds is 6. The fraction of sp³-hybridized carbons (Fsp3) is 0.105. The molecular formula is C19H13Cl2N3O2S2. The summed E-state index contributed by atoms with van der Waals surface area (Å²) < 4.78 is 5.60. The van der Waals surface area contributed by atoms with Crippen LogP contribution in [0, 0.1) is 0 Å². The fourth-order valence-corrected chi connectivity index (χ4v) is 4.46. The van der Waals surface area contributed by atoms with Crippen molar-refractivity contribution in [3.05, 3.63) is 69.1 Å². The molecule has 0 bridgehead atoms. The number of carbonyl (C=O) groups excluding carboxylic acids is 1. The summed E-state index contributed by atoms with van der Waals surface area (Å²) in [5.74, 6) is 0.0165. The number of fused-ring (bicyclic) bond motifs is 1. The van der Waals surface area contributed by atoms with E-state index in [-0.39, 0.29) is 11.7 Å². The first-order valence-corrected chi connectivity index (χ1v) is 10.8. The number of halogens is 2. The molecule has 2 aromatic carbocycles. The lowest BCUT2D eigenvalue weighted by Crippen LogP contribution is -2.13. The van der Waals surface area contributed by atoms with Gasteiger partial charge in [0.15, 0.2) is 10.7 Å². The van der Waals surface area contributed by atoms with E-state index in [1.165, 1.54) is 23.1 Å². The van der Waals surface area contributed by atoms with Gasteiger partial charge in [0.05, 0.1) is 5.75 Å². The molecule has 2 heterocycles. The second-order valence-electron chi connectivity index (χ2n) is 5.83. The Morgan fingerprint density at radius 3 is 2.89 bits per heavy atom. The standard InChI is InChI=1S/C19H13Cl2N3O2S2/c20-12-6-5-11(14(21)8-12)7-13-9-22-18(28-13)24-17(25)10-27-19-23-15-3-1-2-4-16(15)26-19/h1-6,8-9H,7,10H2,(H,22,24,25). The number of para-hydroxylation sites is 2. The van der Waals surface area contributed by atoms with E-state index < -0.39 is 0 Å². The van der Waals surface area contributed by atoms with Crippen LogP contribution >= 0.6 is 46.3 Å². The van der Waals surface area contributed by atoms with Crippen LogP contribution in [0.1, 0.15) is 10.4 Å². The second-order valence-corrected chi connectivity index (χ2v) is 8.71. The van der Waals surface area contributed by atoms with E-state index in [0.29, 0.717) is 32.4 Å². The Labute approximate surface area is 179 Å². The summed E-state index contributed by atoms with van der Waals surface area (Å²) in [5.41, 5.74) is 2.44. The maximum atomic E-state index is 12.2. The Bertz CT molecular complexity index is 1110. The molecule has 0 spiro atoms. The minimum absolute atomic E-state index is 0.169. The SMILES string of the molecule is O=C(CSc1nc2ccccc2o1)Nc1ncc(Cc2ccc(Cl)cc2Cl)s1.